The first kappa shape index (κ1) is 26.1. The summed E-state index contributed by atoms with van der Waals surface area (Å²) < 4.78 is 19.1. The molecule has 34 heavy (non-hydrogen) atoms. The van der Waals surface area contributed by atoms with Crippen LogP contribution in [0.2, 0.25) is 5.02 Å². The number of ketones is 1. The van der Waals surface area contributed by atoms with Gasteiger partial charge in [0.05, 0.1) is 5.92 Å². The molecule has 0 bridgehead atoms. The molecule has 8 heteroatoms. The number of carbonyl (C=O) groups is 2. The molecular weight excluding hydrogens is 457 g/mol. The summed E-state index contributed by atoms with van der Waals surface area (Å²) in [7, 11) is 1.78. The van der Waals surface area contributed by atoms with Crippen molar-refractivity contribution >= 4 is 23.3 Å². The van der Waals surface area contributed by atoms with Crippen molar-refractivity contribution in [3.8, 4) is 5.75 Å². The summed E-state index contributed by atoms with van der Waals surface area (Å²) in [5.74, 6) is -0.279. The lowest BCUT2D eigenvalue weighted by Gasteiger charge is -2.44. The summed E-state index contributed by atoms with van der Waals surface area (Å²) in [5.41, 5.74) is 1.72. The van der Waals surface area contributed by atoms with Gasteiger partial charge in [0.1, 0.15) is 17.3 Å². The van der Waals surface area contributed by atoms with Gasteiger partial charge in [-0.2, -0.15) is 0 Å². The molecule has 2 aromatic rings. The third kappa shape index (κ3) is 6.56. The minimum absolute atomic E-state index is 0.00620. The van der Waals surface area contributed by atoms with Gasteiger partial charge in [-0.05, 0) is 63.7 Å². The predicted octanol–water partition coefficient (Wildman–Crippen LogP) is 3.87. The van der Waals surface area contributed by atoms with Crippen molar-refractivity contribution in [2.24, 2.45) is 0 Å². The van der Waals surface area contributed by atoms with Crippen LogP contribution in [0.4, 0.5) is 4.39 Å². The molecule has 184 valence electrons. The molecule has 1 aliphatic rings. The number of halogens is 2. The number of nitrogens with one attached hydrogen (secondary N) is 1. The first-order valence-electron chi connectivity index (χ1n) is 11.5. The zero-order valence-electron chi connectivity index (χ0n) is 20.2. The van der Waals surface area contributed by atoms with Gasteiger partial charge in [-0.3, -0.25) is 14.5 Å². The van der Waals surface area contributed by atoms with Crippen LogP contribution in [-0.2, 0) is 16.1 Å². The van der Waals surface area contributed by atoms with E-state index in [2.05, 4.69) is 17.1 Å². The number of benzene rings is 2. The second-order valence-corrected chi connectivity index (χ2v) is 9.43. The van der Waals surface area contributed by atoms with Crippen LogP contribution in [0, 0.1) is 5.82 Å². The summed E-state index contributed by atoms with van der Waals surface area (Å²) in [6, 6.07) is 11.8. The van der Waals surface area contributed by atoms with Crippen molar-refractivity contribution in [3.63, 3.8) is 0 Å². The number of rotatable bonds is 9. The van der Waals surface area contributed by atoms with Crippen LogP contribution in [-0.4, -0.2) is 66.9 Å². The van der Waals surface area contributed by atoms with Crippen molar-refractivity contribution in [3.05, 3.63) is 64.4 Å². The summed E-state index contributed by atoms with van der Waals surface area (Å²) in [4.78, 5) is 29.4. The lowest BCUT2D eigenvalue weighted by atomic mass is 9.94. The Hall–Kier alpha value is -2.48. The Kier molecular flexibility index (Phi) is 9.05. The molecule has 0 aromatic heterocycles. The molecule has 1 amide bonds. The van der Waals surface area contributed by atoms with Crippen LogP contribution < -0.4 is 10.1 Å². The van der Waals surface area contributed by atoms with Crippen LogP contribution in [0.3, 0.4) is 0 Å². The standard InChI is InChI=1S/C26H33ClFN3O3/c1-17-14-31(18(2)13-30(17)15-20-5-8-22(28)9-6-20)26(33)16-34-25-10-7-21(27)11-23(25)24(12-29-4)19(3)32/h5-11,17-18,24,29H,12-16H2,1-4H3/t17-,18+,24?/m1/s1. The van der Waals surface area contributed by atoms with Gasteiger partial charge in [-0.1, -0.05) is 23.7 Å². The molecule has 1 fully saturated rings. The monoisotopic (exact) mass is 489 g/mol. The molecule has 1 unspecified atom stereocenters. The zero-order valence-corrected chi connectivity index (χ0v) is 20.9. The molecule has 0 saturated carbocycles. The molecule has 1 N–H and O–H groups in total. The fraction of sp³-hybridized carbons (Fsp3) is 0.462. The fourth-order valence-electron chi connectivity index (χ4n) is 4.41. The minimum atomic E-state index is -0.414. The lowest BCUT2D eigenvalue weighted by molar-refractivity contribution is -0.139. The van der Waals surface area contributed by atoms with Gasteiger partial charge in [-0.15, -0.1) is 0 Å². The van der Waals surface area contributed by atoms with Crippen molar-refractivity contribution in [2.45, 2.75) is 45.3 Å². The molecule has 1 heterocycles. The summed E-state index contributed by atoms with van der Waals surface area (Å²) in [5, 5.41) is 3.54. The van der Waals surface area contributed by atoms with Crippen molar-refractivity contribution in [2.75, 3.05) is 33.3 Å². The van der Waals surface area contributed by atoms with Gasteiger partial charge < -0.3 is 15.0 Å². The molecule has 3 rings (SSSR count). The quantitative estimate of drug-likeness (QED) is 0.579. The number of amides is 1. The highest BCUT2D eigenvalue weighted by molar-refractivity contribution is 6.30. The largest absolute Gasteiger partial charge is 0.483 e. The first-order valence-corrected chi connectivity index (χ1v) is 11.9. The number of Topliss-reactive ketones (excluding diaryl/α,β-unsaturated/α-hetero) is 1. The van der Waals surface area contributed by atoms with Gasteiger partial charge >= 0.3 is 0 Å². The molecule has 1 aliphatic heterocycles. The minimum Gasteiger partial charge on any atom is -0.483 e. The summed E-state index contributed by atoms with van der Waals surface area (Å²) in [6.07, 6.45) is 0. The summed E-state index contributed by atoms with van der Waals surface area (Å²) in [6.45, 7) is 7.97. The van der Waals surface area contributed by atoms with Gasteiger partial charge in [0.2, 0.25) is 0 Å². The third-order valence-electron chi connectivity index (χ3n) is 6.33. The van der Waals surface area contributed by atoms with Crippen molar-refractivity contribution in [1.29, 1.82) is 0 Å². The Morgan fingerprint density at radius 1 is 1.15 bits per heavy atom. The van der Waals surface area contributed by atoms with Gasteiger partial charge in [0.15, 0.2) is 6.61 Å². The van der Waals surface area contributed by atoms with Crippen LogP contribution in [0.1, 0.15) is 37.8 Å². The number of hydrogen-bond donors (Lipinski definition) is 1. The molecule has 2 aromatic carbocycles. The SMILES string of the molecule is CNCC(C(C)=O)c1cc(Cl)ccc1OCC(=O)N1C[C@@H](C)N(Cc2ccc(F)cc2)C[C@@H]1C. The van der Waals surface area contributed by atoms with Gasteiger partial charge in [0.25, 0.3) is 5.91 Å². The van der Waals surface area contributed by atoms with Crippen LogP contribution in [0.25, 0.3) is 0 Å². The Bertz CT molecular complexity index is 1000. The molecule has 6 nitrogen and oxygen atoms in total. The highest BCUT2D eigenvalue weighted by Crippen LogP contribution is 2.30. The zero-order chi connectivity index (χ0) is 24.8. The van der Waals surface area contributed by atoms with E-state index in [1.807, 2.05) is 11.8 Å². The molecule has 0 radical (unpaired) electrons. The van der Waals surface area contributed by atoms with E-state index in [1.165, 1.54) is 19.1 Å². The number of carbonyl (C=O) groups excluding carboxylic acids is 2. The van der Waals surface area contributed by atoms with Crippen LogP contribution >= 0.6 is 11.6 Å². The lowest BCUT2D eigenvalue weighted by Crippen LogP contribution is -2.58. The predicted molar refractivity (Wildman–Crippen MR) is 132 cm³/mol. The maximum absolute atomic E-state index is 13.2. The maximum Gasteiger partial charge on any atom is 0.260 e. The molecule has 3 atom stereocenters. The highest BCUT2D eigenvalue weighted by Gasteiger charge is 2.32. The van der Waals surface area contributed by atoms with E-state index in [0.717, 1.165) is 5.56 Å². The average molecular weight is 490 g/mol. The Morgan fingerprint density at radius 3 is 2.50 bits per heavy atom. The second-order valence-electron chi connectivity index (χ2n) is 8.99. The number of hydrogen-bond acceptors (Lipinski definition) is 5. The van der Waals surface area contributed by atoms with Crippen LogP contribution in [0.5, 0.6) is 5.75 Å². The normalized spacial score (nSPS) is 19.6. The second kappa shape index (κ2) is 11.8. The number of nitrogens with zero attached hydrogens (tertiary/aromatic N) is 2. The molecule has 1 saturated heterocycles. The Labute approximate surface area is 206 Å². The smallest absolute Gasteiger partial charge is 0.260 e. The molecule has 0 spiro atoms. The number of likely N-dealkylation sites (N-methyl/N-ethyl adjacent to an activating group) is 1. The first-order chi connectivity index (χ1) is 16.2. The third-order valence-corrected chi connectivity index (χ3v) is 6.57. The number of ether oxygens (including phenoxy) is 1. The van der Waals surface area contributed by atoms with E-state index in [4.69, 9.17) is 16.3 Å². The molecule has 0 aliphatic carbocycles. The van der Waals surface area contributed by atoms with E-state index < -0.39 is 5.92 Å². The maximum atomic E-state index is 13.2. The topological polar surface area (TPSA) is 61.9 Å². The van der Waals surface area contributed by atoms with E-state index in [-0.39, 0.29) is 36.2 Å². The molecular formula is C26H33ClFN3O3. The Balaban J connectivity index is 1.64. The van der Waals surface area contributed by atoms with E-state index in [9.17, 15) is 14.0 Å². The van der Waals surface area contributed by atoms with Crippen molar-refractivity contribution < 1.29 is 18.7 Å². The van der Waals surface area contributed by atoms with E-state index >= 15 is 0 Å². The van der Waals surface area contributed by atoms with E-state index in [1.54, 1.807) is 37.4 Å². The fourth-order valence-corrected chi connectivity index (χ4v) is 4.59. The average Bonchev–Trinajstić information content (AvgIpc) is 2.79. The van der Waals surface area contributed by atoms with Crippen molar-refractivity contribution in [1.82, 2.24) is 15.1 Å². The van der Waals surface area contributed by atoms with Gasteiger partial charge in [0, 0.05) is 48.8 Å². The van der Waals surface area contributed by atoms with Crippen LogP contribution in [0.15, 0.2) is 42.5 Å². The number of piperazine rings is 1. The summed E-state index contributed by atoms with van der Waals surface area (Å²) >= 11 is 6.18. The van der Waals surface area contributed by atoms with E-state index in [0.29, 0.717) is 42.5 Å². The highest BCUT2D eigenvalue weighted by atomic mass is 35.5. The Morgan fingerprint density at radius 2 is 1.85 bits per heavy atom. The van der Waals surface area contributed by atoms with Gasteiger partial charge in [-0.25, -0.2) is 4.39 Å².